The lowest BCUT2D eigenvalue weighted by Crippen LogP contribution is -2.01. The molecule has 0 amide bonds. The lowest BCUT2D eigenvalue weighted by atomic mass is 10.1. The largest absolute Gasteiger partial charge is 0.456 e. The quantitative estimate of drug-likeness (QED) is 0.247. The van der Waals surface area contributed by atoms with Crippen molar-refractivity contribution in [1.29, 1.82) is 0 Å². The van der Waals surface area contributed by atoms with E-state index in [9.17, 15) is 0 Å². The lowest BCUT2D eigenvalue weighted by molar-refractivity contribution is 0.668. The van der Waals surface area contributed by atoms with Crippen molar-refractivity contribution >= 4 is 72.0 Å². The van der Waals surface area contributed by atoms with Crippen molar-refractivity contribution in [3.05, 3.63) is 127 Å². The van der Waals surface area contributed by atoms with Gasteiger partial charge in [-0.05, 0) is 64.9 Å². The Bertz CT molecular complexity index is 2240. The number of anilines is 1. The molecule has 0 bridgehead atoms. The van der Waals surface area contributed by atoms with Crippen LogP contribution in [0.15, 0.2) is 131 Å². The van der Waals surface area contributed by atoms with Gasteiger partial charge in [0.1, 0.15) is 16.5 Å². The van der Waals surface area contributed by atoms with E-state index < -0.39 is 0 Å². The first-order chi connectivity index (χ1) is 19.3. The van der Waals surface area contributed by atoms with Crippen LogP contribution < -0.4 is 5.32 Å². The third kappa shape index (κ3) is 3.06. The summed E-state index contributed by atoms with van der Waals surface area (Å²) in [4.78, 5) is 1.26. The molecule has 1 unspecified atom stereocenters. The molecule has 2 aromatic heterocycles. The molecule has 184 valence electrons. The summed E-state index contributed by atoms with van der Waals surface area (Å²) in [6, 6.07) is 43.5. The smallest absolute Gasteiger partial charge is 0.136 e. The number of nitrogens with one attached hydrogen (secondary N) is 1. The Labute approximate surface area is 228 Å². The first-order valence-electron chi connectivity index (χ1n) is 13.2. The van der Waals surface area contributed by atoms with Crippen molar-refractivity contribution in [3.8, 4) is 5.69 Å². The van der Waals surface area contributed by atoms with E-state index >= 15 is 0 Å². The number of rotatable bonds is 2. The highest BCUT2D eigenvalue weighted by Gasteiger charge is 2.27. The molecule has 1 atom stereocenters. The topological polar surface area (TPSA) is 30.1 Å². The zero-order valence-corrected chi connectivity index (χ0v) is 21.7. The van der Waals surface area contributed by atoms with Gasteiger partial charge in [-0.2, -0.15) is 0 Å². The molecule has 1 aliphatic heterocycles. The van der Waals surface area contributed by atoms with Crippen molar-refractivity contribution in [2.75, 3.05) is 5.32 Å². The molecule has 1 aliphatic rings. The van der Waals surface area contributed by atoms with E-state index in [1.54, 1.807) is 0 Å². The molecule has 9 rings (SSSR count). The fourth-order valence-corrected chi connectivity index (χ4v) is 7.49. The van der Waals surface area contributed by atoms with Crippen LogP contribution in [0.2, 0.25) is 0 Å². The number of para-hydroxylation sites is 2. The van der Waals surface area contributed by atoms with Crippen LogP contribution in [0.1, 0.15) is 10.9 Å². The van der Waals surface area contributed by atoms with E-state index in [0.717, 1.165) is 11.2 Å². The summed E-state index contributed by atoms with van der Waals surface area (Å²) in [5.41, 5.74) is 7.94. The summed E-state index contributed by atoms with van der Waals surface area (Å²) < 4.78 is 8.52. The van der Waals surface area contributed by atoms with Gasteiger partial charge in [0.05, 0.1) is 11.0 Å². The Morgan fingerprint density at radius 3 is 2.23 bits per heavy atom. The highest BCUT2D eigenvalue weighted by atomic mass is 32.2. The van der Waals surface area contributed by atoms with Gasteiger partial charge in [0.25, 0.3) is 0 Å². The molecule has 1 N–H and O–H groups in total. The summed E-state index contributed by atoms with van der Waals surface area (Å²) in [5, 5.41) is 11.4. The SMILES string of the molecule is c1ccc2cc3c(cc2c1)c1ccccc1n3-c1ccc(C2Nc3ccc4oc5ccccc5c4c3S2)cc1. The molecule has 0 aliphatic carbocycles. The number of thioether (sulfide) groups is 1. The van der Waals surface area contributed by atoms with Crippen molar-refractivity contribution in [3.63, 3.8) is 0 Å². The van der Waals surface area contributed by atoms with Gasteiger partial charge < -0.3 is 14.3 Å². The van der Waals surface area contributed by atoms with Gasteiger partial charge in [0.2, 0.25) is 0 Å². The van der Waals surface area contributed by atoms with Crippen LogP contribution in [0.5, 0.6) is 0 Å². The molecular formula is C35H22N2OS. The second kappa shape index (κ2) is 7.92. The third-order valence-electron chi connectivity index (χ3n) is 8.01. The van der Waals surface area contributed by atoms with Gasteiger partial charge >= 0.3 is 0 Å². The fraction of sp³-hybridized carbons (Fsp3) is 0.0286. The maximum atomic E-state index is 6.13. The number of hydrogen-bond donors (Lipinski definition) is 1. The van der Waals surface area contributed by atoms with E-state index in [0.29, 0.717) is 0 Å². The third-order valence-corrected chi connectivity index (χ3v) is 9.30. The number of nitrogens with zero attached hydrogens (tertiary/aromatic N) is 1. The molecule has 0 saturated heterocycles. The zero-order chi connectivity index (χ0) is 25.5. The van der Waals surface area contributed by atoms with Crippen LogP contribution in [0.3, 0.4) is 0 Å². The maximum Gasteiger partial charge on any atom is 0.136 e. The summed E-state index contributed by atoms with van der Waals surface area (Å²) in [7, 11) is 0. The van der Waals surface area contributed by atoms with Gasteiger partial charge in [0.15, 0.2) is 0 Å². The number of benzene rings is 6. The highest BCUT2D eigenvalue weighted by molar-refractivity contribution is 8.00. The van der Waals surface area contributed by atoms with Gasteiger partial charge in [-0.15, -0.1) is 0 Å². The normalized spacial score (nSPS) is 15.0. The van der Waals surface area contributed by atoms with Gasteiger partial charge in [-0.1, -0.05) is 84.6 Å². The summed E-state index contributed by atoms with van der Waals surface area (Å²) in [5.74, 6) is 0. The van der Waals surface area contributed by atoms with Crippen LogP contribution >= 0.6 is 11.8 Å². The predicted octanol–water partition coefficient (Wildman–Crippen LogP) is 10.1. The second-order valence-corrected chi connectivity index (χ2v) is 11.3. The standard InChI is InChI=1S/C35H22N2OS/c1-2-8-23-20-30-27(19-22(23)7-1)25-9-3-5-11-29(25)37(30)24-15-13-21(14-16-24)35-36-28-17-18-32-33(34(28)39-35)26-10-4-6-12-31(26)38-32/h1-20,35-36H. The molecule has 3 nitrogen and oxygen atoms in total. The number of hydrogen-bond acceptors (Lipinski definition) is 3. The van der Waals surface area contributed by atoms with Crippen molar-refractivity contribution in [2.45, 2.75) is 10.3 Å². The van der Waals surface area contributed by atoms with E-state index in [2.05, 4.69) is 119 Å². The van der Waals surface area contributed by atoms with Crippen LogP contribution in [-0.2, 0) is 0 Å². The Balaban J connectivity index is 1.14. The minimum Gasteiger partial charge on any atom is -0.456 e. The molecule has 8 aromatic rings. The predicted molar refractivity (Wildman–Crippen MR) is 164 cm³/mol. The monoisotopic (exact) mass is 518 g/mol. The van der Waals surface area contributed by atoms with E-state index in [1.807, 2.05) is 23.9 Å². The number of aromatic nitrogens is 1. The van der Waals surface area contributed by atoms with Crippen molar-refractivity contribution < 1.29 is 4.42 Å². The molecule has 39 heavy (non-hydrogen) atoms. The summed E-state index contributed by atoms with van der Waals surface area (Å²) in [6.45, 7) is 0. The van der Waals surface area contributed by atoms with Crippen molar-refractivity contribution in [1.82, 2.24) is 4.57 Å². The van der Waals surface area contributed by atoms with E-state index in [-0.39, 0.29) is 5.37 Å². The van der Waals surface area contributed by atoms with Crippen LogP contribution in [0, 0.1) is 0 Å². The Morgan fingerprint density at radius 1 is 0.615 bits per heavy atom. The average molecular weight is 519 g/mol. The van der Waals surface area contributed by atoms with Gasteiger partial charge in [-0.25, -0.2) is 0 Å². The summed E-state index contributed by atoms with van der Waals surface area (Å²) >= 11 is 1.87. The highest BCUT2D eigenvalue weighted by Crippen LogP contribution is 2.51. The summed E-state index contributed by atoms with van der Waals surface area (Å²) in [6.07, 6.45) is 0. The first-order valence-corrected chi connectivity index (χ1v) is 14.1. The molecule has 0 spiro atoms. The number of furan rings is 1. The first kappa shape index (κ1) is 21.3. The van der Waals surface area contributed by atoms with Crippen molar-refractivity contribution in [2.24, 2.45) is 0 Å². The molecule has 0 fully saturated rings. The molecule has 3 heterocycles. The van der Waals surface area contributed by atoms with Crippen LogP contribution in [0.25, 0.3) is 60.2 Å². The average Bonchev–Trinajstić information content (AvgIpc) is 3.67. The minimum atomic E-state index is 0.149. The lowest BCUT2D eigenvalue weighted by Gasteiger charge is -2.13. The fourth-order valence-electron chi connectivity index (χ4n) is 6.19. The van der Waals surface area contributed by atoms with Crippen LogP contribution in [-0.4, -0.2) is 4.57 Å². The molecule has 6 aromatic carbocycles. The molecule has 0 radical (unpaired) electrons. The second-order valence-electron chi connectivity index (χ2n) is 10.2. The molecule has 4 heteroatoms. The Morgan fingerprint density at radius 2 is 1.36 bits per heavy atom. The molecular weight excluding hydrogens is 496 g/mol. The van der Waals surface area contributed by atoms with E-state index in [4.69, 9.17) is 4.42 Å². The number of fused-ring (bicyclic) bond motifs is 9. The zero-order valence-electron chi connectivity index (χ0n) is 20.9. The minimum absolute atomic E-state index is 0.149. The van der Waals surface area contributed by atoms with Crippen LogP contribution in [0.4, 0.5) is 5.69 Å². The van der Waals surface area contributed by atoms with E-state index in [1.165, 1.54) is 65.2 Å². The maximum absolute atomic E-state index is 6.13. The Kier molecular flexibility index (Phi) is 4.32. The Hall–Kier alpha value is -4.67. The molecule has 0 saturated carbocycles. The van der Waals surface area contributed by atoms with Gasteiger partial charge in [-0.3, -0.25) is 0 Å². The van der Waals surface area contributed by atoms with Gasteiger partial charge in [0, 0.05) is 37.8 Å².